The van der Waals surface area contributed by atoms with E-state index in [1.54, 1.807) is 39.8 Å². The van der Waals surface area contributed by atoms with Crippen LogP contribution in [0.4, 0.5) is 0 Å². The molecule has 7 heterocycles. The van der Waals surface area contributed by atoms with Gasteiger partial charge in [0.25, 0.3) is 0 Å². The summed E-state index contributed by atoms with van der Waals surface area (Å²) in [7, 11) is 0. The van der Waals surface area contributed by atoms with E-state index in [9.17, 15) is 76.7 Å². The number of ketones is 2. The molecule has 7 fully saturated rings. The van der Waals surface area contributed by atoms with Gasteiger partial charge >= 0.3 is 83.6 Å². The first-order chi connectivity index (χ1) is 66.7. The molecule has 0 spiro atoms. The lowest BCUT2D eigenvalue weighted by Gasteiger charge is -2.18. The highest BCUT2D eigenvalue weighted by molar-refractivity contribution is 5.85. The van der Waals surface area contributed by atoms with E-state index < -0.39 is 11.9 Å². The Labute approximate surface area is 815 Å². The molecule has 786 valence electrons. The number of Topliss-reactive ketones (excluding diaryl/α,β-unsaturated/α-hetero) is 2. The molecule has 4 N–H and O–H groups in total. The smallest absolute Gasteiger partial charge is 0.309 e. The van der Waals surface area contributed by atoms with Crippen molar-refractivity contribution in [2.24, 2.45) is 41.4 Å². The molecule has 7 rings (SSSR count). The van der Waals surface area contributed by atoms with Gasteiger partial charge in [-0.15, -0.1) is 37.8 Å². The molecule has 0 bridgehead atoms. The van der Waals surface area contributed by atoms with Crippen LogP contribution in [0.25, 0.3) is 0 Å². The van der Waals surface area contributed by atoms with Crippen LogP contribution in [0.15, 0.2) is 25.3 Å². The molecule has 0 aromatic heterocycles. The predicted molar refractivity (Wildman–Crippen MR) is 500 cm³/mol. The predicted octanol–water partition coefficient (Wildman–Crippen LogP) is 11.3. The zero-order valence-corrected chi connectivity index (χ0v) is 82.3. The van der Waals surface area contributed by atoms with E-state index in [2.05, 4.69) is 34.5 Å². The molecule has 0 aromatic rings. The van der Waals surface area contributed by atoms with E-state index in [1.165, 1.54) is 0 Å². The number of aliphatic hydroxyl groups is 4. The fourth-order valence-electron chi connectivity index (χ4n) is 13.4. The molecule has 0 amide bonds. The molecule has 0 aromatic carbocycles. The van der Waals surface area contributed by atoms with Crippen molar-refractivity contribution in [3.63, 3.8) is 0 Å². The minimum absolute atomic E-state index is 0.00417. The van der Waals surface area contributed by atoms with Gasteiger partial charge in [0.05, 0.1) is 185 Å². The number of esters is 14. The number of ether oxygens (including phenoxy) is 17. The molecule has 10 unspecified atom stereocenters. The first kappa shape index (κ1) is 128. The van der Waals surface area contributed by atoms with Crippen molar-refractivity contribution in [2.45, 2.75) is 316 Å². The van der Waals surface area contributed by atoms with Crippen molar-refractivity contribution < 1.29 is 178 Å². The second kappa shape index (κ2) is 87.5. The number of epoxide rings is 3. The number of carbonyl (C=O) groups is 16. The average molecular weight is 1970 g/mol. The first-order valence-electron chi connectivity index (χ1n) is 49.3. The fraction of sp³-hybridized carbons (Fsp3) is 0.762. The van der Waals surface area contributed by atoms with Crippen LogP contribution in [0.5, 0.6) is 0 Å². The molecular formula is C101H160O37. The van der Waals surface area contributed by atoms with Gasteiger partial charge < -0.3 is 101 Å². The number of cyclic esters (lactones) is 4. The summed E-state index contributed by atoms with van der Waals surface area (Å²) in [4.78, 5) is 181. The number of terminal acetylenes is 2. The molecule has 10 atom stereocenters. The lowest BCUT2D eigenvalue weighted by Crippen LogP contribution is -2.23. The summed E-state index contributed by atoms with van der Waals surface area (Å²) < 4.78 is 85.4. The van der Waals surface area contributed by atoms with Gasteiger partial charge in [0.15, 0.2) is 0 Å². The summed E-state index contributed by atoms with van der Waals surface area (Å²) in [6.45, 7) is 21.3. The van der Waals surface area contributed by atoms with Crippen molar-refractivity contribution in [1.82, 2.24) is 0 Å². The number of unbranched alkanes of at least 4 members (excludes halogenated alkanes) is 4. The second-order valence-corrected chi connectivity index (χ2v) is 33.1. The van der Waals surface area contributed by atoms with Crippen LogP contribution >= 0.6 is 0 Å². The molecule has 37 heteroatoms. The van der Waals surface area contributed by atoms with E-state index in [1.807, 2.05) is 0 Å². The topological polar surface area (TPSA) is 521 Å². The standard InChI is InChI=1S/C23H36O8.C21H34O9.C15H26O6.C15H26O5.C8H12O2.C8H10O2.C6H8O3.C5H8O2/c1-3-9-18(10-7-13-24)22(26)30-15-8-11-19(16-20-17-31-20)23(27)29-14-6-5-12-21(25)28-4-2;1-2-27-19(24)7-3-4-12-29-21(26)16(14-18-15-30-18)6-5-13-28-20(25)9-8-17(23)10-11-22;1-2-19-14(17)7-3-4-9-20-15(18)12(6-5-8-16)10-13-11-21-13;1-3-8-13(9-7-11-16)15(18)20-12-6-5-10-14(17)19-4-2;2*1-2-4-7-5-3-6-10-8(7)9;7-5-1-2-6(8)9-4-3-5;6-5-3-1-2-4-7-5/h1,18-20,24H,4-17H2,2H3;16,18,22H,2-15H2,1H3;12-13,16H,2-11H2,1H3;3,13,16H,1,4-12H2,2H3;2,7H,1,3-6H2;1,7H,3-6H2;1-4H2;1-4H2. The Hall–Kier alpha value is -9.76. The monoisotopic (exact) mass is 1970 g/mol. The quantitative estimate of drug-likeness (QED) is 0.0110. The molecule has 7 aliphatic heterocycles. The summed E-state index contributed by atoms with van der Waals surface area (Å²) in [5.41, 5.74) is 0. The van der Waals surface area contributed by atoms with Gasteiger partial charge in [-0.1, -0.05) is 12.2 Å². The molecule has 7 aliphatic rings. The van der Waals surface area contributed by atoms with Crippen LogP contribution in [0.1, 0.15) is 297 Å². The van der Waals surface area contributed by atoms with Gasteiger partial charge in [0.2, 0.25) is 0 Å². The van der Waals surface area contributed by atoms with Crippen LogP contribution in [0.2, 0.25) is 0 Å². The molecule has 7 saturated heterocycles. The Balaban J connectivity index is 0.00000163. The Bertz CT molecular complexity index is 3490. The van der Waals surface area contributed by atoms with E-state index in [0.717, 1.165) is 44.9 Å². The highest BCUT2D eigenvalue weighted by Gasteiger charge is 2.35. The zero-order valence-electron chi connectivity index (χ0n) is 82.3. The lowest BCUT2D eigenvalue weighted by molar-refractivity contribution is -0.153. The molecule has 0 radical (unpaired) electrons. The van der Waals surface area contributed by atoms with Crippen molar-refractivity contribution in [2.75, 3.05) is 139 Å². The zero-order chi connectivity index (χ0) is 102. The summed E-state index contributed by atoms with van der Waals surface area (Å²) in [5.74, 6) is 0.186. The maximum absolute atomic E-state index is 12.4. The minimum Gasteiger partial charge on any atom is -0.466 e. The third kappa shape index (κ3) is 75.2. The van der Waals surface area contributed by atoms with Crippen molar-refractivity contribution in [3.05, 3.63) is 25.3 Å². The lowest BCUT2D eigenvalue weighted by atomic mass is 9.98. The van der Waals surface area contributed by atoms with Gasteiger partial charge in [0, 0.05) is 97.1 Å². The Morgan fingerprint density at radius 1 is 0.370 bits per heavy atom. The number of rotatable bonds is 63. The van der Waals surface area contributed by atoms with E-state index in [-0.39, 0.29) is 235 Å². The average Bonchev–Trinajstić information content (AvgIpc) is 1.75. The third-order valence-electron chi connectivity index (χ3n) is 21.3. The first-order valence-corrected chi connectivity index (χ1v) is 49.3. The maximum Gasteiger partial charge on any atom is 0.309 e. The van der Waals surface area contributed by atoms with Crippen molar-refractivity contribution >= 4 is 95.1 Å². The van der Waals surface area contributed by atoms with Crippen LogP contribution in [0, 0.1) is 66.1 Å². The Morgan fingerprint density at radius 3 is 1.09 bits per heavy atom. The summed E-state index contributed by atoms with van der Waals surface area (Å²) in [6, 6.07) is 0. The summed E-state index contributed by atoms with van der Waals surface area (Å²) in [5, 5.41) is 35.2. The van der Waals surface area contributed by atoms with E-state index in [0.29, 0.717) is 272 Å². The molecule has 0 aliphatic carbocycles. The van der Waals surface area contributed by atoms with Gasteiger partial charge in [-0.05, 0) is 214 Å². The van der Waals surface area contributed by atoms with Crippen LogP contribution in [-0.2, 0) is 157 Å². The molecule has 138 heavy (non-hydrogen) atoms. The SMILES string of the molecule is C#CCC(CCCO)C(=O)OCCCC(CC1CO1)C(=O)OCCCCC(=O)OCC.C#CCC1CCCOC1=O.C=CCC(CCCO)C(=O)OCCCCC(=O)OCC.C=CCC1CCCOC1=O.CCOC(=O)CCCCOC(=O)C(CCCO)CC1CO1.CCOC(=O)CCCCOC(=O)C(CCCOC(=O)CCC(=O)CCO)CC1CO1.O=C1CCCCO1.O=C1CCOC(=O)CC1. The fourth-order valence-corrected chi connectivity index (χ4v) is 13.4. The number of carbonyl (C=O) groups excluding carboxylic acids is 16. The molecule has 37 nitrogen and oxygen atoms in total. The number of hydrogen-bond acceptors (Lipinski definition) is 37. The van der Waals surface area contributed by atoms with Crippen molar-refractivity contribution in [1.29, 1.82) is 0 Å². The Kier molecular flexibility index (Phi) is 81.3. The number of allylic oxidation sites excluding steroid dienone is 2. The van der Waals surface area contributed by atoms with Crippen molar-refractivity contribution in [3.8, 4) is 24.7 Å². The normalized spacial score (nSPS) is 17.8. The molecule has 0 saturated carbocycles. The third-order valence-corrected chi connectivity index (χ3v) is 21.3. The molecular weight excluding hydrogens is 1810 g/mol. The highest BCUT2D eigenvalue weighted by Crippen LogP contribution is 2.29. The maximum atomic E-state index is 12.4. The highest BCUT2D eigenvalue weighted by atomic mass is 16.6. The van der Waals surface area contributed by atoms with Gasteiger partial charge in [-0.3, -0.25) is 76.7 Å². The second-order valence-electron chi connectivity index (χ2n) is 33.1. The van der Waals surface area contributed by atoms with Crippen LogP contribution < -0.4 is 0 Å². The number of hydrogen-bond donors (Lipinski definition) is 4. The Morgan fingerprint density at radius 2 is 0.732 bits per heavy atom. The van der Waals surface area contributed by atoms with Crippen LogP contribution in [-0.4, -0.2) is 273 Å². The van der Waals surface area contributed by atoms with Crippen LogP contribution in [0.3, 0.4) is 0 Å². The van der Waals surface area contributed by atoms with Gasteiger partial charge in [-0.25, -0.2) is 0 Å². The summed E-state index contributed by atoms with van der Waals surface area (Å²) >= 11 is 0. The number of aliphatic hydroxyl groups excluding tert-OH is 4. The van der Waals surface area contributed by atoms with E-state index >= 15 is 0 Å². The van der Waals surface area contributed by atoms with Gasteiger partial charge in [-0.2, -0.15) is 0 Å². The largest absolute Gasteiger partial charge is 0.466 e. The van der Waals surface area contributed by atoms with Gasteiger partial charge in [0.1, 0.15) is 11.6 Å². The summed E-state index contributed by atoms with van der Waals surface area (Å²) in [6.07, 6.45) is 37.5. The minimum atomic E-state index is -0.465. The van der Waals surface area contributed by atoms with E-state index in [4.69, 9.17) is 104 Å².